The first-order chi connectivity index (χ1) is 13.8. The van der Waals surface area contributed by atoms with E-state index in [-0.39, 0.29) is 20.3 Å². The topological polar surface area (TPSA) is 139 Å². The average Bonchev–Trinajstić information content (AvgIpc) is 3.07. The van der Waals surface area contributed by atoms with Crippen LogP contribution in [0.15, 0.2) is 16.9 Å². The van der Waals surface area contributed by atoms with Gasteiger partial charge in [0.1, 0.15) is 12.2 Å². The maximum absolute atomic E-state index is 12.6. The molecule has 9 nitrogen and oxygen atoms in total. The quantitative estimate of drug-likeness (QED) is 0.537. The second-order valence-corrected chi connectivity index (χ2v) is 8.64. The summed E-state index contributed by atoms with van der Waals surface area (Å²) in [4.78, 5) is 41.1. The molecule has 2 heterocycles. The van der Waals surface area contributed by atoms with Gasteiger partial charge in [-0.25, -0.2) is 4.98 Å². The van der Waals surface area contributed by atoms with Crippen molar-refractivity contribution in [2.24, 2.45) is 0 Å². The zero-order valence-electron chi connectivity index (χ0n) is 15.9. The molecule has 1 aliphatic rings. The highest BCUT2D eigenvalue weighted by Gasteiger charge is 2.73. The first-order valence-electron chi connectivity index (χ1n) is 8.61. The second kappa shape index (κ2) is 7.63. The Morgan fingerprint density at radius 1 is 1.13 bits per heavy atom. The number of carbonyl (C=O) groups is 3. The van der Waals surface area contributed by atoms with Crippen LogP contribution >= 0.6 is 39.1 Å². The zero-order valence-corrected chi connectivity index (χ0v) is 19.0. The Hall–Kier alpha value is -1.40. The van der Waals surface area contributed by atoms with Crippen LogP contribution in [0.2, 0.25) is 10.0 Å². The number of hydrogen-bond acceptors (Lipinski definition) is 8. The van der Waals surface area contributed by atoms with Crippen molar-refractivity contribution in [3.8, 4) is 0 Å². The molecule has 0 bridgehead atoms. The lowest BCUT2D eigenvalue weighted by atomic mass is 9.73. The molecule has 3 rings (SSSR count). The number of hydrogen-bond donors (Lipinski definition) is 3. The summed E-state index contributed by atoms with van der Waals surface area (Å²) in [6.45, 7) is 2.87. The van der Waals surface area contributed by atoms with Crippen LogP contribution in [0.1, 0.15) is 27.0 Å². The third kappa shape index (κ3) is 3.05. The SMILES string of the molecule is CC(=O)C(O)[C@H]1O[C@@H](n2c(Br)nc3cc(Cl)c(Cl)cc32)[C@@](O)(C(C)=O)[C@@]1(O)C(C)=O. The van der Waals surface area contributed by atoms with Crippen molar-refractivity contribution in [1.82, 2.24) is 9.55 Å². The van der Waals surface area contributed by atoms with E-state index < -0.39 is 47.0 Å². The van der Waals surface area contributed by atoms with Gasteiger partial charge in [-0.15, -0.1) is 0 Å². The maximum atomic E-state index is 12.6. The fourth-order valence-electron chi connectivity index (χ4n) is 3.70. The highest BCUT2D eigenvalue weighted by Crippen LogP contribution is 2.50. The average molecular weight is 524 g/mol. The minimum Gasteiger partial charge on any atom is -0.382 e. The van der Waals surface area contributed by atoms with Crippen molar-refractivity contribution in [2.45, 2.75) is 50.4 Å². The summed E-state index contributed by atoms with van der Waals surface area (Å²) in [5.41, 5.74) is -5.26. The number of benzene rings is 1. The first kappa shape index (κ1) is 23.3. The standard InChI is InChI=1S/C18H17BrCl2N2O7/c1-6(24)13(27)14-17(28,7(2)25)18(29,8(3)26)15(30-14)23-12-5-10(21)9(20)4-11(12)22-16(23)19/h4-5,13-15,27-29H,1-3H3/t13?,14-,15-,17-,18+/m1/s1. The molecule has 1 aromatic carbocycles. The van der Waals surface area contributed by atoms with E-state index in [1.807, 2.05) is 0 Å². The van der Waals surface area contributed by atoms with E-state index >= 15 is 0 Å². The highest BCUT2D eigenvalue weighted by molar-refractivity contribution is 9.10. The zero-order chi connectivity index (χ0) is 22.8. The monoisotopic (exact) mass is 522 g/mol. The van der Waals surface area contributed by atoms with Gasteiger partial charge in [0.15, 0.2) is 33.9 Å². The number of fused-ring (bicyclic) bond motifs is 1. The number of aliphatic hydroxyl groups excluding tert-OH is 1. The maximum Gasteiger partial charge on any atom is 0.206 e. The van der Waals surface area contributed by atoms with Crippen LogP contribution in [-0.2, 0) is 19.1 Å². The number of Topliss-reactive ketones (excluding diaryl/α,β-unsaturated/α-hetero) is 3. The Kier molecular flexibility index (Phi) is 5.92. The fraction of sp³-hybridized carbons (Fsp3) is 0.444. The van der Waals surface area contributed by atoms with E-state index in [1.165, 1.54) is 16.7 Å². The summed E-state index contributed by atoms with van der Waals surface area (Å²) < 4.78 is 6.87. The van der Waals surface area contributed by atoms with Crippen LogP contribution in [0.4, 0.5) is 0 Å². The molecule has 1 saturated heterocycles. The third-order valence-corrected chi connectivity index (χ3v) is 6.61. The van der Waals surface area contributed by atoms with E-state index in [0.29, 0.717) is 5.52 Å². The summed E-state index contributed by atoms with van der Waals surface area (Å²) in [5, 5.41) is 33.3. The Morgan fingerprint density at radius 2 is 1.67 bits per heavy atom. The summed E-state index contributed by atoms with van der Waals surface area (Å²) >= 11 is 15.3. The van der Waals surface area contributed by atoms with E-state index in [0.717, 1.165) is 20.8 Å². The van der Waals surface area contributed by atoms with E-state index in [1.54, 1.807) is 0 Å². The number of imidazole rings is 1. The van der Waals surface area contributed by atoms with E-state index in [4.69, 9.17) is 27.9 Å². The number of aliphatic hydroxyl groups is 3. The molecule has 162 valence electrons. The molecule has 0 radical (unpaired) electrons. The van der Waals surface area contributed by atoms with E-state index in [2.05, 4.69) is 20.9 Å². The lowest BCUT2D eigenvalue weighted by molar-refractivity contribution is -0.184. The normalized spacial score (nSPS) is 29.9. The number of rotatable bonds is 5. The van der Waals surface area contributed by atoms with Gasteiger partial charge in [-0.2, -0.15) is 0 Å². The highest BCUT2D eigenvalue weighted by atomic mass is 79.9. The van der Waals surface area contributed by atoms with Crippen molar-refractivity contribution >= 4 is 67.5 Å². The lowest BCUT2D eigenvalue weighted by Gasteiger charge is -2.38. The Balaban J connectivity index is 2.34. The molecule has 12 heteroatoms. The summed E-state index contributed by atoms with van der Waals surface area (Å²) in [6.07, 6.45) is -5.68. The molecular formula is C18H17BrCl2N2O7. The van der Waals surface area contributed by atoms with Crippen LogP contribution in [0.25, 0.3) is 11.0 Å². The molecule has 2 aromatic rings. The van der Waals surface area contributed by atoms with Gasteiger partial charge in [0.05, 0.1) is 21.1 Å². The van der Waals surface area contributed by atoms with Gasteiger partial charge in [0, 0.05) is 0 Å². The largest absolute Gasteiger partial charge is 0.382 e. The smallest absolute Gasteiger partial charge is 0.206 e. The third-order valence-electron chi connectivity index (χ3n) is 5.33. The Bertz CT molecular complexity index is 1090. The first-order valence-corrected chi connectivity index (χ1v) is 10.2. The van der Waals surface area contributed by atoms with Crippen molar-refractivity contribution < 1.29 is 34.4 Å². The van der Waals surface area contributed by atoms with Crippen molar-refractivity contribution in [3.05, 3.63) is 26.9 Å². The van der Waals surface area contributed by atoms with Crippen molar-refractivity contribution in [3.63, 3.8) is 0 Å². The molecule has 1 unspecified atom stereocenters. The molecule has 1 aromatic heterocycles. The van der Waals surface area contributed by atoms with Gasteiger partial charge in [0.25, 0.3) is 0 Å². The summed E-state index contributed by atoms with van der Waals surface area (Å²) in [6, 6.07) is 2.82. The number of ether oxygens (including phenoxy) is 1. The minimum absolute atomic E-state index is 0.0457. The number of nitrogens with zero attached hydrogens (tertiary/aromatic N) is 2. The summed E-state index contributed by atoms with van der Waals surface area (Å²) in [5.74, 6) is -2.94. The number of carbonyl (C=O) groups excluding carboxylic acids is 3. The van der Waals surface area contributed by atoms with Crippen molar-refractivity contribution in [2.75, 3.05) is 0 Å². The number of aromatic nitrogens is 2. The van der Waals surface area contributed by atoms with Gasteiger partial charge >= 0.3 is 0 Å². The molecule has 30 heavy (non-hydrogen) atoms. The molecule has 5 atom stereocenters. The van der Waals surface area contributed by atoms with E-state index in [9.17, 15) is 29.7 Å². The Morgan fingerprint density at radius 3 is 2.17 bits per heavy atom. The lowest BCUT2D eigenvalue weighted by Crippen LogP contribution is -2.67. The predicted molar refractivity (Wildman–Crippen MR) is 109 cm³/mol. The van der Waals surface area contributed by atoms with Gasteiger partial charge in [-0.05, 0) is 48.8 Å². The van der Waals surface area contributed by atoms with Crippen LogP contribution in [0.5, 0.6) is 0 Å². The molecule has 0 aliphatic carbocycles. The molecule has 1 fully saturated rings. The van der Waals surface area contributed by atoms with Crippen LogP contribution in [0.3, 0.4) is 0 Å². The fourth-order valence-corrected chi connectivity index (χ4v) is 4.58. The minimum atomic E-state index is -2.93. The Labute approximate surface area is 188 Å². The van der Waals surface area contributed by atoms with Gasteiger partial charge in [-0.1, -0.05) is 23.2 Å². The van der Waals surface area contributed by atoms with Crippen LogP contribution in [0, 0.1) is 0 Å². The van der Waals surface area contributed by atoms with Gasteiger partial charge < -0.3 is 20.1 Å². The molecular weight excluding hydrogens is 507 g/mol. The molecule has 0 spiro atoms. The molecule has 0 saturated carbocycles. The molecule has 3 N–H and O–H groups in total. The second-order valence-electron chi connectivity index (χ2n) is 7.12. The van der Waals surface area contributed by atoms with Crippen molar-refractivity contribution in [1.29, 1.82) is 0 Å². The summed E-state index contributed by atoms with van der Waals surface area (Å²) in [7, 11) is 0. The van der Waals surface area contributed by atoms with Crippen LogP contribution in [-0.4, -0.2) is 65.6 Å². The molecule has 1 aliphatic heterocycles. The van der Waals surface area contributed by atoms with Crippen LogP contribution < -0.4 is 0 Å². The molecule has 0 amide bonds. The number of halogens is 3. The predicted octanol–water partition coefficient (Wildman–Crippen LogP) is 1.59. The number of ketones is 3. The van der Waals surface area contributed by atoms with Gasteiger partial charge in [-0.3, -0.25) is 19.0 Å². The van der Waals surface area contributed by atoms with Gasteiger partial charge in [0.2, 0.25) is 5.60 Å².